The number of hydrogen-bond donors (Lipinski definition) is 2. The van der Waals surface area contributed by atoms with E-state index in [-0.39, 0.29) is 23.4 Å². The van der Waals surface area contributed by atoms with E-state index in [2.05, 4.69) is 10.8 Å². The standard InChI is InChI=1S/C23H22FN3O3/c24-16-7-5-14(6-8-16)21(28)15-9-11-27(12-10-15)23(29)22-18-13-25-19-4-2-1-3-17(19)20(18)26-30-22/h1-8,15,22,25-26H,9-13H2/t22-/m0/s1. The molecule has 0 radical (unpaired) electrons. The number of rotatable bonds is 3. The number of para-hydroxylation sites is 1. The molecular formula is C23H22FN3O3. The van der Waals surface area contributed by atoms with E-state index in [0.717, 1.165) is 22.5 Å². The van der Waals surface area contributed by atoms with Gasteiger partial charge in [-0.2, -0.15) is 0 Å². The number of hydrogen-bond acceptors (Lipinski definition) is 5. The summed E-state index contributed by atoms with van der Waals surface area (Å²) in [7, 11) is 0. The Hall–Kier alpha value is -3.19. The number of benzene rings is 2. The lowest BCUT2D eigenvalue weighted by molar-refractivity contribution is -0.143. The molecule has 1 amide bonds. The average Bonchev–Trinajstić information content (AvgIpc) is 3.23. The third-order valence-corrected chi connectivity index (χ3v) is 6.11. The van der Waals surface area contributed by atoms with E-state index in [0.29, 0.717) is 38.0 Å². The monoisotopic (exact) mass is 407 g/mol. The van der Waals surface area contributed by atoms with Crippen molar-refractivity contribution in [2.75, 3.05) is 25.0 Å². The molecule has 1 saturated heterocycles. The third-order valence-electron chi connectivity index (χ3n) is 6.11. The van der Waals surface area contributed by atoms with Gasteiger partial charge < -0.3 is 10.2 Å². The number of Topliss-reactive ketones (excluding diaryl/α,β-unsaturated/α-hetero) is 1. The zero-order valence-electron chi connectivity index (χ0n) is 16.4. The van der Waals surface area contributed by atoms with Crippen molar-refractivity contribution in [3.8, 4) is 0 Å². The van der Waals surface area contributed by atoms with Crippen LogP contribution in [0.15, 0.2) is 54.1 Å². The lowest BCUT2D eigenvalue weighted by atomic mass is 9.88. The average molecular weight is 407 g/mol. The maximum Gasteiger partial charge on any atom is 0.258 e. The smallest absolute Gasteiger partial charge is 0.258 e. The van der Waals surface area contributed by atoms with Gasteiger partial charge >= 0.3 is 0 Å². The first kappa shape index (κ1) is 18.8. The van der Waals surface area contributed by atoms with Crippen LogP contribution in [0.3, 0.4) is 0 Å². The number of hydroxylamine groups is 1. The van der Waals surface area contributed by atoms with Gasteiger partial charge in [-0.25, -0.2) is 4.39 Å². The van der Waals surface area contributed by atoms with Crippen molar-refractivity contribution in [2.24, 2.45) is 5.92 Å². The number of ketones is 1. The minimum absolute atomic E-state index is 0.0129. The number of fused-ring (bicyclic) bond motifs is 2. The number of nitrogens with zero attached hydrogens (tertiary/aromatic N) is 1. The van der Waals surface area contributed by atoms with Gasteiger partial charge in [0.1, 0.15) is 5.82 Å². The van der Waals surface area contributed by atoms with Crippen molar-refractivity contribution in [3.05, 3.63) is 71.0 Å². The molecule has 0 aliphatic carbocycles. The largest absolute Gasteiger partial charge is 0.381 e. The van der Waals surface area contributed by atoms with Crippen LogP contribution in [-0.2, 0) is 9.63 Å². The highest BCUT2D eigenvalue weighted by molar-refractivity contribution is 5.98. The van der Waals surface area contributed by atoms with Crippen LogP contribution in [0.25, 0.3) is 5.70 Å². The Bertz CT molecular complexity index is 1030. The fraction of sp³-hybridized carbons (Fsp3) is 0.304. The van der Waals surface area contributed by atoms with Crippen molar-refractivity contribution in [1.82, 2.24) is 10.4 Å². The molecule has 154 valence electrons. The number of carbonyl (C=O) groups excluding carboxylic acids is 2. The van der Waals surface area contributed by atoms with Crippen LogP contribution in [-0.4, -0.2) is 42.3 Å². The molecule has 6 nitrogen and oxygen atoms in total. The van der Waals surface area contributed by atoms with Gasteiger partial charge in [0.05, 0.1) is 5.70 Å². The number of piperidine rings is 1. The first-order valence-electron chi connectivity index (χ1n) is 10.2. The van der Waals surface area contributed by atoms with Crippen LogP contribution in [0.4, 0.5) is 10.1 Å². The number of halogens is 1. The first-order chi connectivity index (χ1) is 14.6. The highest BCUT2D eigenvalue weighted by Crippen LogP contribution is 2.35. The Morgan fingerprint density at radius 3 is 2.53 bits per heavy atom. The molecule has 5 rings (SSSR count). The maximum atomic E-state index is 13.1. The van der Waals surface area contributed by atoms with E-state index < -0.39 is 6.10 Å². The summed E-state index contributed by atoms with van der Waals surface area (Å²) in [5.41, 5.74) is 7.25. The second-order valence-electron chi connectivity index (χ2n) is 7.87. The van der Waals surface area contributed by atoms with E-state index in [9.17, 15) is 14.0 Å². The predicted octanol–water partition coefficient (Wildman–Crippen LogP) is 2.99. The van der Waals surface area contributed by atoms with E-state index in [1.54, 1.807) is 4.90 Å². The molecule has 0 unspecified atom stereocenters. The number of likely N-dealkylation sites (tertiary alicyclic amines) is 1. The summed E-state index contributed by atoms with van der Waals surface area (Å²) in [6.07, 6.45) is 0.523. The molecule has 2 aromatic rings. The van der Waals surface area contributed by atoms with Gasteiger partial charge in [-0.15, -0.1) is 0 Å². The topological polar surface area (TPSA) is 70.7 Å². The quantitative estimate of drug-likeness (QED) is 0.766. The minimum atomic E-state index is -0.662. The van der Waals surface area contributed by atoms with E-state index >= 15 is 0 Å². The molecule has 1 atom stereocenters. The van der Waals surface area contributed by atoms with Crippen molar-refractivity contribution in [1.29, 1.82) is 0 Å². The van der Waals surface area contributed by atoms with Crippen LogP contribution >= 0.6 is 0 Å². The molecule has 0 aromatic heterocycles. The van der Waals surface area contributed by atoms with E-state index in [1.807, 2.05) is 24.3 Å². The summed E-state index contributed by atoms with van der Waals surface area (Å²) in [6.45, 7) is 1.56. The van der Waals surface area contributed by atoms with Crippen LogP contribution in [0, 0.1) is 11.7 Å². The Morgan fingerprint density at radius 1 is 1.03 bits per heavy atom. The Morgan fingerprint density at radius 2 is 1.77 bits per heavy atom. The molecule has 0 bridgehead atoms. The molecule has 3 heterocycles. The van der Waals surface area contributed by atoms with Gasteiger partial charge in [0.15, 0.2) is 11.9 Å². The first-order valence-corrected chi connectivity index (χ1v) is 10.2. The molecule has 0 saturated carbocycles. The second kappa shape index (κ2) is 7.57. The summed E-state index contributed by atoms with van der Waals surface area (Å²) in [4.78, 5) is 33.2. The Labute approximate surface area is 173 Å². The van der Waals surface area contributed by atoms with Crippen molar-refractivity contribution in [3.63, 3.8) is 0 Å². The molecule has 0 spiro atoms. The highest BCUT2D eigenvalue weighted by Gasteiger charge is 2.39. The van der Waals surface area contributed by atoms with E-state index in [4.69, 9.17) is 4.84 Å². The fourth-order valence-electron chi connectivity index (χ4n) is 4.42. The van der Waals surface area contributed by atoms with Crippen molar-refractivity contribution in [2.45, 2.75) is 18.9 Å². The zero-order valence-corrected chi connectivity index (χ0v) is 16.4. The summed E-state index contributed by atoms with van der Waals surface area (Å²) >= 11 is 0. The number of anilines is 1. The zero-order chi connectivity index (χ0) is 20.7. The van der Waals surface area contributed by atoms with E-state index in [1.165, 1.54) is 24.3 Å². The lowest BCUT2D eigenvalue weighted by Gasteiger charge is -2.33. The summed E-state index contributed by atoms with van der Waals surface area (Å²) < 4.78 is 13.1. The summed E-state index contributed by atoms with van der Waals surface area (Å²) in [5, 5.41) is 3.35. The Kier molecular flexibility index (Phi) is 4.75. The van der Waals surface area contributed by atoms with Gasteiger partial charge in [-0.1, -0.05) is 18.2 Å². The van der Waals surface area contributed by atoms with Gasteiger partial charge in [0.2, 0.25) is 0 Å². The molecule has 2 N–H and O–H groups in total. The third kappa shape index (κ3) is 3.25. The lowest BCUT2D eigenvalue weighted by Crippen LogP contribution is -2.46. The number of amides is 1. The predicted molar refractivity (Wildman–Crippen MR) is 110 cm³/mol. The molecule has 3 aliphatic rings. The van der Waals surface area contributed by atoms with Crippen molar-refractivity contribution < 1.29 is 18.8 Å². The molecule has 7 heteroatoms. The number of nitrogens with one attached hydrogen (secondary N) is 2. The molecule has 1 fully saturated rings. The van der Waals surface area contributed by atoms with Gasteiger partial charge in [-0.05, 0) is 43.2 Å². The normalized spacial score (nSPS) is 20.8. The van der Waals surface area contributed by atoms with Crippen LogP contribution in [0.2, 0.25) is 0 Å². The number of carbonyl (C=O) groups is 2. The van der Waals surface area contributed by atoms with Gasteiger partial charge in [0.25, 0.3) is 5.91 Å². The fourth-order valence-corrected chi connectivity index (χ4v) is 4.42. The summed E-state index contributed by atoms with van der Waals surface area (Å²) in [5.74, 6) is -0.578. The van der Waals surface area contributed by atoms with Crippen LogP contribution in [0.5, 0.6) is 0 Å². The SMILES string of the molecule is O=C(c1ccc(F)cc1)C1CCN(C(=O)[C@H]2ONC3=C2CNc2ccccc23)CC1. The highest BCUT2D eigenvalue weighted by atomic mass is 19.1. The Balaban J connectivity index is 1.25. The maximum absolute atomic E-state index is 13.1. The molecule has 3 aliphatic heterocycles. The van der Waals surface area contributed by atoms with Crippen molar-refractivity contribution >= 4 is 23.1 Å². The summed E-state index contributed by atoms with van der Waals surface area (Å²) in [6, 6.07) is 13.6. The minimum Gasteiger partial charge on any atom is -0.381 e. The molecule has 2 aromatic carbocycles. The van der Waals surface area contributed by atoms with Gasteiger partial charge in [0, 0.05) is 47.9 Å². The van der Waals surface area contributed by atoms with Gasteiger partial charge in [-0.3, -0.25) is 19.9 Å². The second-order valence-corrected chi connectivity index (χ2v) is 7.87. The van der Waals surface area contributed by atoms with Crippen LogP contribution in [0.1, 0.15) is 28.8 Å². The molecular weight excluding hydrogens is 385 g/mol. The van der Waals surface area contributed by atoms with Crippen LogP contribution < -0.4 is 10.8 Å². The molecule has 30 heavy (non-hydrogen) atoms.